The molecule has 1 amide bonds. The fourth-order valence-electron chi connectivity index (χ4n) is 2.32. The predicted octanol–water partition coefficient (Wildman–Crippen LogP) is 3.00. The van der Waals surface area contributed by atoms with Gasteiger partial charge in [-0.05, 0) is 17.5 Å². The van der Waals surface area contributed by atoms with Crippen molar-refractivity contribution in [1.82, 2.24) is 5.32 Å². The van der Waals surface area contributed by atoms with Gasteiger partial charge in [-0.3, -0.25) is 4.79 Å². The first-order valence-electron chi connectivity index (χ1n) is 5.40. The second-order valence-corrected chi connectivity index (χ2v) is 5.03. The van der Waals surface area contributed by atoms with E-state index >= 15 is 0 Å². The number of hydrogen-bond acceptors (Lipinski definition) is 2. The third-order valence-corrected chi connectivity index (χ3v) is 4.15. The smallest absolute Gasteiger partial charge is 0.270 e. The van der Waals surface area contributed by atoms with Gasteiger partial charge in [0, 0.05) is 16.0 Å². The lowest BCUT2D eigenvalue weighted by atomic mass is 9.89. The third kappa shape index (κ3) is 1.34. The lowest BCUT2D eigenvalue weighted by molar-refractivity contribution is 0.0532. The van der Waals surface area contributed by atoms with E-state index in [2.05, 4.69) is 5.32 Å². The number of thiophene rings is 1. The summed E-state index contributed by atoms with van der Waals surface area (Å²) >= 11 is 1.22. The molecular weight excluding hydrogens is 256 g/mol. The van der Waals surface area contributed by atoms with Gasteiger partial charge in [-0.25, -0.2) is 8.78 Å². The summed E-state index contributed by atoms with van der Waals surface area (Å²) in [6.07, 6.45) is -2.69. The molecule has 0 unspecified atom stereocenters. The topological polar surface area (TPSA) is 29.1 Å². The molecule has 2 nitrogen and oxygen atoms in total. The van der Waals surface area contributed by atoms with Gasteiger partial charge in [0.15, 0.2) is 5.54 Å². The van der Waals surface area contributed by atoms with Gasteiger partial charge in [0.1, 0.15) is 0 Å². The number of hydrogen-bond donors (Lipinski definition) is 1. The highest BCUT2D eigenvalue weighted by atomic mass is 32.1. The van der Waals surface area contributed by atoms with Crippen molar-refractivity contribution in [3.05, 3.63) is 57.8 Å². The number of nitrogens with one attached hydrogen (secondary N) is 1. The van der Waals surface area contributed by atoms with E-state index in [1.165, 1.54) is 11.3 Å². The summed E-state index contributed by atoms with van der Waals surface area (Å²) in [5.74, 6) is -0.445. The third-order valence-electron chi connectivity index (χ3n) is 3.14. The van der Waals surface area contributed by atoms with Crippen molar-refractivity contribution >= 4 is 17.2 Å². The van der Waals surface area contributed by atoms with E-state index in [1.54, 1.807) is 41.8 Å². The van der Waals surface area contributed by atoms with Gasteiger partial charge < -0.3 is 5.32 Å². The number of amides is 1. The molecule has 0 radical (unpaired) electrons. The van der Waals surface area contributed by atoms with Crippen molar-refractivity contribution in [2.24, 2.45) is 0 Å². The first kappa shape index (κ1) is 11.3. The number of rotatable bonds is 2. The van der Waals surface area contributed by atoms with E-state index in [1.807, 2.05) is 0 Å². The maximum Gasteiger partial charge on any atom is 0.270 e. The summed E-state index contributed by atoms with van der Waals surface area (Å²) in [6, 6.07) is 9.83. The van der Waals surface area contributed by atoms with Gasteiger partial charge >= 0.3 is 0 Å². The Morgan fingerprint density at radius 3 is 2.61 bits per heavy atom. The molecule has 18 heavy (non-hydrogen) atoms. The molecule has 1 aromatic carbocycles. The molecule has 3 rings (SSSR count). The second kappa shape index (κ2) is 3.88. The zero-order valence-corrected chi connectivity index (χ0v) is 10.0. The van der Waals surface area contributed by atoms with Crippen LogP contribution in [-0.4, -0.2) is 12.3 Å². The van der Waals surface area contributed by atoms with Crippen LogP contribution in [0, 0.1) is 0 Å². The summed E-state index contributed by atoms with van der Waals surface area (Å²) in [5, 5.41) is 4.18. The molecule has 1 aliphatic rings. The molecule has 1 N–H and O–H groups in total. The Kier molecular flexibility index (Phi) is 2.45. The minimum Gasteiger partial charge on any atom is -0.333 e. The zero-order valence-electron chi connectivity index (χ0n) is 9.19. The van der Waals surface area contributed by atoms with Crippen LogP contribution < -0.4 is 5.32 Å². The maximum absolute atomic E-state index is 13.6. The Morgan fingerprint density at radius 2 is 1.94 bits per heavy atom. The SMILES string of the molecule is O=C1N[C@](c2cccs2)(C(F)F)c2ccccc21. The lowest BCUT2D eigenvalue weighted by Crippen LogP contribution is -2.46. The predicted molar refractivity (Wildman–Crippen MR) is 65.0 cm³/mol. The Labute approximate surface area is 106 Å². The average molecular weight is 265 g/mol. The van der Waals surface area contributed by atoms with Crippen LogP contribution in [0.1, 0.15) is 20.8 Å². The van der Waals surface area contributed by atoms with Gasteiger partial charge in [0.25, 0.3) is 12.3 Å². The number of halogens is 2. The average Bonchev–Trinajstić information content (AvgIpc) is 2.97. The number of fused-ring (bicyclic) bond motifs is 1. The Morgan fingerprint density at radius 1 is 1.17 bits per heavy atom. The molecule has 0 aliphatic carbocycles. The minimum absolute atomic E-state index is 0.325. The first-order chi connectivity index (χ1) is 8.66. The van der Waals surface area contributed by atoms with Gasteiger partial charge in [0.05, 0.1) is 0 Å². The molecule has 1 aromatic heterocycles. The van der Waals surface area contributed by atoms with Crippen LogP contribution in [-0.2, 0) is 5.54 Å². The minimum atomic E-state index is -2.69. The summed E-state index contributed by atoms with van der Waals surface area (Å²) < 4.78 is 27.2. The van der Waals surface area contributed by atoms with E-state index < -0.39 is 17.9 Å². The second-order valence-electron chi connectivity index (χ2n) is 4.09. The Balaban J connectivity index is 2.28. The Hall–Kier alpha value is -1.75. The van der Waals surface area contributed by atoms with E-state index in [4.69, 9.17) is 0 Å². The number of alkyl halides is 2. The molecule has 1 atom stereocenters. The van der Waals surface area contributed by atoms with Gasteiger partial charge in [-0.2, -0.15) is 0 Å². The van der Waals surface area contributed by atoms with Crippen LogP contribution in [0.25, 0.3) is 0 Å². The fraction of sp³-hybridized carbons (Fsp3) is 0.154. The quantitative estimate of drug-likeness (QED) is 0.888. The standard InChI is InChI=1S/C13H9F2NOS/c14-12(15)13(10-6-3-7-18-10)9-5-2-1-4-8(9)11(17)16-13/h1-7,12H,(H,16,17)/t13-/m1/s1. The van der Waals surface area contributed by atoms with Crippen molar-refractivity contribution in [2.45, 2.75) is 12.0 Å². The van der Waals surface area contributed by atoms with E-state index in [9.17, 15) is 13.6 Å². The van der Waals surface area contributed by atoms with Crippen LogP contribution in [0.15, 0.2) is 41.8 Å². The highest BCUT2D eigenvalue weighted by molar-refractivity contribution is 7.10. The van der Waals surface area contributed by atoms with E-state index in [0.29, 0.717) is 16.0 Å². The highest BCUT2D eigenvalue weighted by Crippen LogP contribution is 2.43. The van der Waals surface area contributed by atoms with Crippen LogP contribution in [0.4, 0.5) is 8.78 Å². The summed E-state index contributed by atoms with van der Waals surface area (Å²) in [5.41, 5.74) is -1.01. The van der Waals surface area contributed by atoms with Crippen molar-refractivity contribution in [2.75, 3.05) is 0 Å². The zero-order chi connectivity index (χ0) is 12.8. The van der Waals surface area contributed by atoms with Gasteiger partial charge in [-0.15, -0.1) is 11.3 Å². The molecule has 2 heterocycles. The molecule has 0 saturated carbocycles. The molecule has 0 bridgehead atoms. The fourth-order valence-corrected chi connectivity index (χ4v) is 3.21. The first-order valence-corrected chi connectivity index (χ1v) is 6.28. The molecule has 5 heteroatoms. The normalized spacial score (nSPS) is 22.1. The van der Waals surface area contributed by atoms with Crippen molar-refractivity contribution in [3.8, 4) is 0 Å². The molecule has 2 aromatic rings. The number of carbonyl (C=O) groups is 1. The Bertz CT molecular complexity index is 597. The number of carbonyl (C=O) groups excluding carboxylic acids is 1. The lowest BCUT2D eigenvalue weighted by Gasteiger charge is -2.28. The van der Waals surface area contributed by atoms with E-state index in [-0.39, 0.29) is 0 Å². The van der Waals surface area contributed by atoms with Crippen molar-refractivity contribution in [1.29, 1.82) is 0 Å². The van der Waals surface area contributed by atoms with Crippen molar-refractivity contribution < 1.29 is 13.6 Å². The van der Waals surface area contributed by atoms with Gasteiger partial charge in [-0.1, -0.05) is 24.3 Å². The monoisotopic (exact) mass is 265 g/mol. The van der Waals surface area contributed by atoms with Crippen LogP contribution in [0.2, 0.25) is 0 Å². The summed E-state index contributed by atoms with van der Waals surface area (Å²) in [6.45, 7) is 0. The maximum atomic E-state index is 13.6. The molecule has 0 spiro atoms. The van der Waals surface area contributed by atoms with Crippen molar-refractivity contribution in [3.63, 3.8) is 0 Å². The molecule has 92 valence electrons. The van der Waals surface area contributed by atoms with E-state index in [0.717, 1.165) is 0 Å². The largest absolute Gasteiger partial charge is 0.333 e. The summed E-state index contributed by atoms with van der Waals surface area (Å²) in [4.78, 5) is 12.3. The van der Waals surface area contributed by atoms with Gasteiger partial charge in [0.2, 0.25) is 0 Å². The van der Waals surface area contributed by atoms with Crippen LogP contribution in [0.3, 0.4) is 0 Å². The molecule has 1 aliphatic heterocycles. The molecule has 0 fully saturated rings. The molecular formula is C13H9F2NOS. The van der Waals surface area contributed by atoms with Crippen LogP contribution in [0.5, 0.6) is 0 Å². The molecule has 0 saturated heterocycles. The summed E-state index contributed by atoms with van der Waals surface area (Å²) in [7, 11) is 0. The number of benzene rings is 1. The highest BCUT2D eigenvalue weighted by Gasteiger charge is 2.51. The van der Waals surface area contributed by atoms with Crippen LogP contribution >= 0.6 is 11.3 Å².